The van der Waals surface area contributed by atoms with Gasteiger partial charge in [-0.15, -0.1) is 0 Å². The summed E-state index contributed by atoms with van der Waals surface area (Å²) in [5, 5.41) is 5.56. The fourth-order valence-electron chi connectivity index (χ4n) is 3.68. The molecule has 0 unspecified atom stereocenters. The zero-order chi connectivity index (χ0) is 17.8. The zero-order valence-electron chi connectivity index (χ0n) is 14.7. The minimum Gasteiger partial charge on any atom is -0.463 e. The third kappa shape index (κ3) is 3.85. The van der Waals surface area contributed by atoms with Gasteiger partial charge in [-0.3, -0.25) is 4.90 Å². The number of likely N-dealkylation sites (tertiary alicyclic amines) is 1. The maximum absolute atomic E-state index is 12.4. The van der Waals surface area contributed by atoms with Crippen LogP contribution in [0.5, 0.6) is 0 Å². The number of carbonyl (C=O) groups is 2. The van der Waals surface area contributed by atoms with E-state index < -0.39 is 0 Å². The maximum atomic E-state index is 12.4. The molecule has 1 aromatic rings. The average molecular weight is 343 g/mol. The van der Waals surface area contributed by atoms with Crippen LogP contribution in [-0.4, -0.2) is 42.6 Å². The summed E-state index contributed by atoms with van der Waals surface area (Å²) in [7, 11) is 0. The molecule has 2 heterocycles. The van der Waals surface area contributed by atoms with Crippen LogP contribution in [-0.2, 0) is 9.53 Å². The van der Waals surface area contributed by atoms with Crippen molar-refractivity contribution in [2.75, 3.05) is 19.7 Å². The standard InChI is InChI=1S/C19H25N3O3/c1-3-25-18(23)17-13(2)20-19(24)21-15(17)12-22-11-7-10-16(22)14-8-5-4-6-9-14/h4-6,8-9,13,16H,3,7,10-12H2,1-2H3,(H2,20,21,24)/t13-,16-/m0/s1. The second-order valence-electron chi connectivity index (χ2n) is 6.47. The molecule has 3 rings (SSSR count). The van der Waals surface area contributed by atoms with Crippen molar-refractivity contribution in [2.24, 2.45) is 0 Å². The van der Waals surface area contributed by atoms with E-state index >= 15 is 0 Å². The Morgan fingerprint density at radius 3 is 2.80 bits per heavy atom. The monoisotopic (exact) mass is 343 g/mol. The third-order valence-corrected chi connectivity index (χ3v) is 4.77. The van der Waals surface area contributed by atoms with Gasteiger partial charge in [-0.05, 0) is 38.8 Å². The first-order valence-corrected chi connectivity index (χ1v) is 8.86. The second-order valence-corrected chi connectivity index (χ2v) is 6.47. The largest absolute Gasteiger partial charge is 0.463 e. The maximum Gasteiger partial charge on any atom is 0.337 e. The first kappa shape index (κ1) is 17.5. The molecule has 2 amide bonds. The zero-order valence-corrected chi connectivity index (χ0v) is 14.7. The predicted molar refractivity (Wildman–Crippen MR) is 94.8 cm³/mol. The molecule has 2 atom stereocenters. The molecule has 1 fully saturated rings. The van der Waals surface area contributed by atoms with Gasteiger partial charge in [0.05, 0.1) is 18.2 Å². The van der Waals surface area contributed by atoms with Crippen LogP contribution in [0.25, 0.3) is 0 Å². The predicted octanol–water partition coefficient (Wildman–Crippen LogP) is 2.34. The van der Waals surface area contributed by atoms with E-state index in [9.17, 15) is 9.59 Å². The van der Waals surface area contributed by atoms with Crippen molar-refractivity contribution < 1.29 is 14.3 Å². The van der Waals surface area contributed by atoms with Crippen molar-refractivity contribution in [1.29, 1.82) is 0 Å². The molecule has 6 nitrogen and oxygen atoms in total. The number of ether oxygens (including phenoxy) is 1. The minimum atomic E-state index is -0.368. The van der Waals surface area contributed by atoms with Crippen LogP contribution in [0.15, 0.2) is 41.6 Å². The summed E-state index contributed by atoms with van der Waals surface area (Å²) in [6.07, 6.45) is 2.18. The van der Waals surface area contributed by atoms with Gasteiger partial charge in [-0.25, -0.2) is 9.59 Å². The van der Waals surface area contributed by atoms with Gasteiger partial charge in [0.1, 0.15) is 0 Å². The lowest BCUT2D eigenvalue weighted by molar-refractivity contribution is -0.139. The Labute approximate surface area is 148 Å². The summed E-state index contributed by atoms with van der Waals surface area (Å²) >= 11 is 0. The highest BCUT2D eigenvalue weighted by atomic mass is 16.5. The van der Waals surface area contributed by atoms with Crippen molar-refractivity contribution in [3.05, 3.63) is 47.2 Å². The average Bonchev–Trinajstić information content (AvgIpc) is 3.03. The topological polar surface area (TPSA) is 70.7 Å². The van der Waals surface area contributed by atoms with Gasteiger partial charge in [0.15, 0.2) is 0 Å². The molecular formula is C19H25N3O3. The van der Waals surface area contributed by atoms with E-state index in [1.165, 1.54) is 5.56 Å². The van der Waals surface area contributed by atoms with Gasteiger partial charge in [0, 0.05) is 18.3 Å². The summed E-state index contributed by atoms with van der Waals surface area (Å²) in [6, 6.07) is 10.0. The lowest BCUT2D eigenvalue weighted by Gasteiger charge is -2.31. The van der Waals surface area contributed by atoms with Crippen LogP contribution < -0.4 is 10.6 Å². The molecule has 25 heavy (non-hydrogen) atoms. The summed E-state index contributed by atoms with van der Waals surface area (Å²) in [4.78, 5) is 26.6. The Balaban J connectivity index is 1.85. The van der Waals surface area contributed by atoms with Crippen molar-refractivity contribution in [1.82, 2.24) is 15.5 Å². The minimum absolute atomic E-state index is 0.272. The molecule has 0 spiro atoms. The van der Waals surface area contributed by atoms with E-state index in [4.69, 9.17) is 4.74 Å². The number of urea groups is 1. The van der Waals surface area contributed by atoms with Crippen LogP contribution in [0.4, 0.5) is 4.79 Å². The summed E-state index contributed by atoms with van der Waals surface area (Å²) < 4.78 is 5.19. The third-order valence-electron chi connectivity index (χ3n) is 4.77. The number of amides is 2. The fraction of sp³-hybridized carbons (Fsp3) is 0.474. The normalized spacial score (nSPS) is 24.0. The van der Waals surface area contributed by atoms with Crippen molar-refractivity contribution in [3.63, 3.8) is 0 Å². The number of nitrogens with one attached hydrogen (secondary N) is 2. The first-order chi connectivity index (χ1) is 12.1. The molecule has 1 aromatic carbocycles. The highest BCUT2D eigenvalue weighted by Gasteiger charge is 2.33. The molecule has 0 saturated carbocycles. The molecule has 134 valence electrons. The smallest absolute Gasteiger partial charge is 0.337 e. The molecule has 0 aliphatic carbocycles. The highest BCUT2D eigenvalue weighted by molar-refractivity contribution is 5.94. The molecular weight excluding hydrogens is 318 g/mol. The first-order valence-electron chi connectivity index (χ1n) is 8.86. The van der Waals surface area contributed by atoms with Gasteiger partial charge in [0.25, 0.3) is 0 Å². The Morgan fingerprint density at radius 1 is 1.32 bits per heavy atom. The van der Waals surface area contributed by atoms with Crippen molar-refractivity contribution in [3.8, 4) is 0 Å². The Kier molecular flexibility index (Phi) is 5.38. The van der Waals surface area contributed by atoms with Crippen LogP contribution in [0.1, 0.15) is 38.3 Å². The molecule has 2 aliphatic rings. The van der Waals surface area contributed by atoms with Gasteiger partial charge < -0.3 is 15.4 Å². The molecule has 2 N–H and O–H groups in total. The molecule has 0 aromatic heterocycles. The SMILES string of the molecule is CCOC(=O)C1=C(CN2CCC[C@H]2c2ccccc2)NC(=O)N[C@H]1C. The number of rotatable bonds is 5. The lowest BCUT2D eigenvalue weighted by Crippen LogP contribution is -2.51. The van der Waals surface area contributed by atoms with E-state index in [0.29, 0.717) is 30.5 Å². The summed E-state index contributed by atoms with van der Waals surface area (Å²) in [5.74, 6) is -0.368. The molecule has 1 saturated heterocycles. The van der Waals surface area contributed by atoms with E-state index in [1.54, 1.807) is 6.92 Å². The number of hydrogen-bond donors (Lipinski definition) is 2. The molecule has 0 bridgehead atoms. The Bertz CT molecular complexity index is 672. The Hall–Kier alpha value is -2.34. The number of benzene rings is 1. The van der Waals surface area contributed by atoms with Crippen molar-refractivity contribution in [2.45, 2.75) is 38.8 Å². The van der Waals surface area contributed by atoms with E-state index in [0.717, 1.165) is 19.4 Å². The Morgan fingerprint density at radius 2 is 2.08 bits per heavy atom. The number of carbonyl (C=O) groups excluding carboxylic acids is 2. The van der Waals surface area contributed by atoms with Crippen LogP contribution in [0.3, 0.4) is 0 Å². The van der Waals surface area contributed by atoms with Gasteiger partial charge >= 0.3 is 12.0 Å². The van der Waals surface area contributed by atoms with Crippen molar-refractivity contribution >= 4 is 12.0 Å². The summed E-state index contributed by atoms with van der Waals surface area (Å²) in [6.45, 7) is 5.38. The quantitative estimate of drug-likeness (QED) is 0.805. The number of nitrogens with zero attached hydrogens (tertiary/aromatic N) is 1. The molecule has 0 radical (unpaired) electrons. The van der Waals surface area contributed by atoms with E-state index in [2.05, 4.69) is 27.7 Å². The van der Waals surface area contributed by atoms with Crippen LogP contribution in [0, 0.1) is 0 Å². The van der Waals surface area contributed by atoms with E-state index in [-0.39, 0.29) is 18.0 Å². The molecule has 2 aliphatic heterocycles. The number of esters is 1. The summed E-state index contributed by atoms with van der Waals surface area (Å²) in [5.41, 5.74) is 2.43. The molecule has 6 heteroatoms. The fourth-order valence-corrected chi connectivity index (χ4v) is 3.68. The van der Waals surface area contributed by atoms with Gasteiger partial charge in [0.2, 0.25) is 0 Å². The lowest BCUT2D eigenvalue weighted by atomic mass is 10.0. The highest BCUT2D eigenvalue weighted by Crippen LogP contribution is 2.32. The second kappa shape index (κ2) is 7.70. The van der Waals surface area contributed by atoms with Gasteiger partial charge in [-0.2, -0.15) is 0 Å². The van der Waals surface area contributed by atoms with Crippen LogP contribution >= 0.6 is 0 Å². The number of hydrogen-bond acceptors (Lipinski definition) is 4. The van der Waals surface area contributed by atoms with Gasteiger partial charge in [-0.1, -0.05) is 30.3 Å². The van der Waals surface area contributed by atoms with Crippen LogP contribution in [0.2, 0.25) is 0 Å². The van der Waals surface area contributed by atoms with E-state index in [1.807, 2.05) is 25.1 Å².